The van der Waals surface area contributed by atoms with Crippen molar-refractivity contribution in [2.45, 2.75) is 6.92 Å². The Morgan fingerprint density at radius 2 is 1.94 bits per heavy atom. The van der Waals surface area contributed by atoms with Gasteiger partial charge in [-0.2, -0.15) is 0 Å². The summed E-state index contributed by atoms with van der Waals surface area (Å²) in [6.45, 7) is 1.88. The van der Waals surface area contributed by atoms with E-state index in [0.717, 1.165) is 17.1 Å². The standard InChI is InChI=1S/C13H14N2O/c1-10-6-5-7-11(13(10)16)15(2)12-8-3-4-9-14-12/h3-9,16H,1-2H3. The number of para-hydroxylation sites is 1. The van der Waals surface area contributed by atoms with E-state index in [1.54, 1.807) is 6.20 Å². The van der Waals surface area contributed by atoms with E-state index in [4.69, 9.17) is 0 Å². The number of hydrogen-bond acceptors (Lipinski definition) is 3. The SMILES string of the molecule is Cc1cccc(N(C)c2ccccn2)c1O. The molecule has 0 aliphatic carbocycles. The number of aryl methyl sites for hydroxylation is 1. The molecule has 0 spiro atoms. The van der Waals surface area contributed by atoms with Gasteiger partial charge in [-0.15, -0.1) is 0 Å². The van der Waals surface area contributed by atoms with Crippen LogP contribution >= 0.6 is 0 Å². The number of anilines is 2. The van der Waals surface area contributed by atoms with Gasteiger partial charge in [0, 0.05) is 13.2 Å². The summed E-state index contributed by atoms with van der Waals surface area (Å²) >= 11 is 0. The molecule has 0 radical (unpaired) electrons. The molecule has 2 rings (SSSR count). The number of aromatic hydroxyl groups is 1. The lowest BCUT2D eigenvalue weighted by atomic mass is 10.2. The third-order valence-corrected chi connectivity index (χ3v) is 2.57. The Morgan fingerprint density at radius 3 is 2.62 bits per heavy atom. The lowest BCUT2D eigenvalue weighted by Crippen LogP contribution is -2.11. The highest BCUT2D eigenvalue weighted by atomic mass is 16.3. The van der Waals surface area contributed by atoms with E-state index in [9.17, 15) is 5.11 Å². The van der Waals surface area contributed by atoms with Gasteiger partial charge in [-0.1, -0.05) is 18.2 Å². The Labute approximate surface area is 95.0 Å². The van der Waals surface area contributed by atoms with E-state index in [0.29, 0.717) is 5.75 Å². The lowest BCUT2D eigenvalue weighted by Gasteiger charge is -2.19. The Bertz CT molecular complexity index is 483. The van der Waals surface area contributed by atoms with Crippen LogP contribution in [0.4, 0.5) is 11.5 Å². The fourth-order valence-corrected chi connectivity index (χ4v) is 1.59. The van der Waals surface area contributed by atoms with Crippen molar-refractivity contribution in [3.8, 4) is 5.75 Å². The topological polar surface area (TPSA) is 36.4 Å². The Balaban J connectivity index is 2.42. The van der Waals surface area contributed by atoms with Crippen LogP contribution in [-0.2, 0) is 0 Å². The summed E-state index contributed by atoms with van der Waals surface area (Å²) in [6.07, 6.45) is 1.73. The maximum Gasteiger partial charge on any atom is 0.142 e. The van der Waals surface area contributed by atoms with Crippen LogP contribution in [-0.4, -0.2) is 17.1 Å². The first-order chi connectivity index (χ1) is 7.70. The number of nitrogens with zero attached hydrogens (tertiary/aromatic N) is 2. The first-order valence-corrected chi connectivity index (χ1v) is 5.13. The van der Waals surface area contributed by atoms with Crippen LogP contribution in [0.1, 0.15) is 5.56 Å². The van der Waals surface area contributed by atoms with Gasteiger partial charge in [-0.25, -0.2) is 4.98 Å². The molecular weight excluding hydrogens is 200 g/mol. The maximum absolute atomic E-state index is 9.96. The largest absolute Gasteiger partial charge is 0.505 e. The molecule has 0 saturated heterocycles. The van der Waals surface area contributed by atoms with Gasteiger partial charge >= 0.3 is 0 Å². The summed E-state index contributed by atoms with van der Waals surface area (Å²) in [4.78, 5) is 6.10. The first-order valence-electron chi connectivity index (χ1n) is 5.13. The molecule has 0 aliphatic heterocycles. The van der Waals surface area contributed by atoms with Crippen molar-refractivity contribution >= 4 is 11.5 Å². The maximum atomic E-state index is 9.96. The highest BCUT2D eigenvalue weighted by Crippen LogP contribution is 2.32. The van der Waals surface area contributed by atoms with Crippen molar-refractivity contribution in [2.75, 3.05) is 11.9 Å². The highest BCUT2D eigenvalue weighted by molar-refractivity contribution is 5.67. The summed E-state index contributed by atoms with van der Waals surface area (Å²) in [5.41, 5.74) is 1.62. The molecule has 3 nitrogen and oxygen atoms in total. The molecule has 3 heteroatoms. The van der Waals surface area contributed by atoms with Crippen LogP contribution < -0.4 is 4.90 Å². The van der Waals surface area contributed by atoms with Crippen LogP contribution in [0.5, 0.6) is 5.75 Å². The van der Waals surface area contributed by atoms with Crippen LogP contribution in [0, 0.1) is 6.92 Å². The molecule has 1 aromatic carbocycles. The van der Waals surface area contributed by atoms with Gasteiger partial charge in [-0.05, 0) is 30.7 Å². The fraction of sp³-hybridized carbons (Fsp3) is 0.154. The van der Waals surface area contributed by atoms with Crippen molar-refractivity contribution in [1.29, 1.82) is 0 Å². The van der Waals surface area contributed by atoms with Crippen LogP contribution in [0.3, 0.4) is 0 Å². The molecule has 82 valence electrons. The second kappa shape index (κ2) is 4.23. The number of phenolic OH excluding ortho intramolecular Hbond substituents is 1. The fourth-order valence-electron chi connectivity index (χ4n) is 1.59. The van der Waals surface area contributed by atoms with Crippen LogP contribution in [0.2, 0.25) is 0 Å². The van der Waals surface area contributed by atoms with Crippen molar-refractivity contribution in [2.24, 2.45) is 0 Å². The van der Waals surface area contributed by atoms with Crippen LogP contribution in [0.15, 0.2) is 42.6 Å². The predicted molar refractivity (Wildman–Crippen MR) is 65.1 cm³/mol. The number of pyridine rings is 1. The molecule has 1 aromatic heterocycles. The van der Waals surface area contributed by atoms with Gasteiger partial charge in [0.15, 0.2) is 0 Å². The third kappa shape index (κ3) is 1.84. The van der Waals surface area contributed by atoms with Crippen molar-refractivity contribution < 1.29 is 5.11 Å². The molecule has 0 aliphatic rings. The normalized spacial score (nSPS) is 10.1. The first kappa shape index (κ1) is 10.5. The average molecular weight is 214 g/mol. The lowest BCUT2D eigenvalue weighted by molar-refractivity contribution is 0.472. The predicted octanol–water partition coefficient (Wildman–Crippen LogP) is 2.86. The second-order valence-corrected chi connectivity index (χ2v) is 3.69. The molecular formula is C13H14N2O. The minimum atomic E-state index is 0.302. The molecule has 0 unspecified atom stereocenters. The van der Waals surface area contributed by atoms with Gasteiger partial charge in [0.2, 0.25) is 0 Å². The van der Waals surface area contributed by atoms with E-state index < -0.39 is 0 Å². The van der Waals surface area contributed by atoms with Gasteiger partial charge in [0.1, 0.15) is 11.6 Å². The Morgan fingerprint density at radius 1 is 1.12 bits per heavy atom. The number of aromatic nitrogens is 1. The number of phenols is 1. The molecule has 0 fully saturated rings. The highest BCUT2D eigenvalue weighted by Gasteiger charge is 2.10. The second-order valence-electron chi connectivity index (χ2n) is 3.69. The van der Waals surface area contributed by atoms with Gasteiger partial charge in [0.05, 0.1) is 5.69 Å². The summed E-state index contributed by atoms with van der Waals surface area (Å²) in [5.74, 6) is 1.11. The zero-order chi connectivity index (χ0) is 11.5. The number of rotatable bonds is 2. The molecule has 0 bridgehead atoms. The van der Waals surface area contributed by atoms with E-state index in [1.807, 2.05) is 55.3 Å². The van der Waals surface area contributed by atoms with Gasteiger partial charge in [-0.3, -0.25) is 0 Å². The quantitative estimate of drug-likeness (QED) is 0.835. The van der Waals surface area contributed by atoms with Gasteiger partial charge in [0.25, 0.3) is 0 Å². The minimum absolute atomic E-state index is 0.302. The van der Waals surface area contributed by atoms with Crippen molar-refractivity contribution in [3.05, 3.63) is 48.2 Å². The zero-order valence-electron chi connectivity index (χ0n) is 9.38. The average Bonchev–Trinajstić information content (AvgIpc) is 2.33. The molecule has 0 atom stereocenters. The Kier molecular flexibility index (Phi) is 2.77. The van der Waals surface area contributed by atoms with Crippen LogP contribution in [0.25, 0.3) is 0 Å². The molecule has 0 amide bonds. The summed E-state index contributed by atoms with van der Waals surface area (Å²) in [5, 5.41) is 9.96. The molecule has 0 saturated carbocycles. The summed E-state index contributed by atoms with van der Waals surface area (Å²) in [7, 11) is 1.89. The smallest absolute Gasteiger partial charge is 0.142 e. The zero-order valence-corrected chi connectivity index (χ0v) is 9.38. The minimum Gasteiger partial charge on any atom is -0.505 e. The Hall–Kier alpha value is -2.03. The third-order valence-electron chi connectivity index (χ3n) is 2.57. The van der Waals surface area contributed by atoms with E-state index in [2.05, 4.69) is 4.98 Å². The van der Waals surface area contributed by atoms with E-state index >= 15 is 0 Å². The summed E-state index contributed by atoms with van der Waals surface area (Å²) < 4.78 is 0. The van der Waals surface area contributed by atoms with Crippen molar-refractivity contribution in [3.63, 3.8) is 0 Å². The molecule has 16 heavy (non-hydrogen) atoms. The number of benzene rings is 1. The molecule has 1 heterocycles. The molecule has 1 N–H and O–H groups in total. The number of hydrogen-bond donors (Lipinski definition) is 1. The molecule has 2 aromatic rings. The van der Waals surface area contributed by atoms with Gasteiger partial charge < -0.3 is 10.0 Å². The van der Waals surface area contributed by atoms with Crippen molar-refractivity contribution in [1.82, 2.24) is 4.98 Å². The summed E-state index contributed by atoms with van der Waals surface area (Å²) in [6, 6.07) is 11.4. The van der Waals surface area contributed by atoms with E-state index in [1.165, 1.54) is 0 Å². The monoisotopic (exact) mass is 214 g/mol. The van der Waals surface area contributed by atoms with E-state index in [-0.39, 0.29) is 0 Å².